The minimum atomic E-state index is 1.51. The summed E-state index contributed by atoms with van der Waals surface area (Å²) in [5, 5.41) is 7.86. The summed E-state index contributed by atoms with van der Waals surface area (Å²) in [4.78, 5) is 0. The van der Waals surface area contributed by atoms with Crippen molar-refractivity contribution in [2.75, 3.05) is 14.1 Å². The SMILES string of the molecule is CN(C)/N=N/N. The molecule has 0 saturated heterocycles. The van der Waals surface area contributed by atoms with Gasteiger partial charge < -0.3 is 5.84 Å². The quantitative estimate of drug-likeness (QED) is 0.274. The molecule has 0 aliphatic heterocycles. The highest BCUT2D eigenvalue weighted by molar-refractivity contribution is 4.11. The van der Waals surface area contributed by atoms with Gasteiger partial charge >= 0.3 is 0 Å². The molecule has 0 aliphatic carbocycles. The van der Waals surface area contributed by atoms with Crippen LogP contribution in [-0.2, 0) is 0 Å². The zero-order valence-corrected chi connectivity index (χ0v) is 3.92. The van der Waals surface area contributed by atoms with Crippen LogP contribution in [0.1, 0.15) is 0 Å². The molecular weight excluding hydrogens is 80.0 g/mol. The van der Waals surface area contributed by atoms with Crippen LogP contribution in [-0.4, -0.2) is 19.1 Å². The van der Waals surface area contributed by atoms with E-state index in [1.165, 1.54) is 5.01 Å². The van der Waals surface area contributed by atoms with Crippen LogP contribution in [0.15, 0.2) is 10.4 Å². The Bertz CT molecular complexity index is 47.5. The lowest BCUT2D eigenvalue weighted by Crippen LogP contribution is -2.00. The van der Waals surface area contributed by atoms with Gasteiger partial charge in [0.1, 0.15) is 0 Å². The summed E-state index contributed by atoms with van der Waals surface area (Å²) in [6, 6.07) is 0. The van der Waals surface area contributed by atoms with Crippen molar-refractivity contribution in [1.29, 1.82) is 0 Å². The smallest absolute Gasteiger partial charge is 0.0262 e. The molecule has 0 aromatic rings. The summed E-state index contributed by atoms with van der Waals surface area (Å²) in [6.45, 7) is 0. The fourth-order valence-corrected chi connectivity index (χ4v) is 0.103. The van der Waals surface area contributed by atoms with Crippen molar-refractivity contribution < 1.29 is 0 Å². The van der Waals surface area contributed by atoms with Crippen molar-refractivity contribution in [2.24, 2.45) is 16.3 Å². The predicted molar refractivity (Wildman–Crippen MR) is 22.7 cm³/mol. The molecule has 0 spiro atoms. The van der Waals surface area contributed by atoms with Crippen LogP contribution < -0.4 is 5.84 Å². The second kappa shape index (κ2) is 2.44. The van der Waals surface area contributed by atoms with Crippen LogP contribution in [0, 0.1) is 0 Å². The van der Waals surface area contributed by atoms with Crippen LogP contribution in [0.25, 0.3) is 0 Å². The third-order valence-corrected chi connectivity index (χ3v) is 0.231. The van der Waals surface area contributed by atoms with Crippen LogP contribution in [0.4, 0.5) is 0 Å². The van der Waals surface area contributed by atoms with Crippen molar-refractivity contribution in [2.45, 2.75) is 0 Å². The van der Waals surface area contributed by atoms with Crippen molar-refractivity contribution in [3.63, 3.8) is 0 Å². The van der Waals surface area contributed by atoms with Gasteiger partial charge in [-0.3, -0.25) is 5.01 Å². The van der Waals surface area contributed by atoms with Gasteiger partial charge in [-0.15, -0.1) is 0 Å². The van der Waals surface area contributed by atoms with Crippen LogP contribution in [0.3, 0.4) is 0 Å². The van der Waals surface area contributed by atoms with Crippen molar-refractivity contribution in [3.8, 4) is 0 Å². The third kappa shape index (κ3) is 3.20. The van der Waals surface area contributed by atoms with Gasteiger partial charge in [-0.2, -0.15) is 0 Å². The fourth-order valence-electron chi connectivity index (χ4n) is 0.103. The molecule has 4 heteroatoms. The normalized spacial score (nSPS) is 9.67. The van der Waals surface area contributed by atoms with E-state index >= 15 is 0 Å². The Morgan fingerprint density at radius 3 is 2.00 bits per heavy atom. The summed E-state index contributed by atoms with van der Waals surface area (Å²) in [7, 11) is 3.49. The van der Waals surface area contributed by atoms with E-state index in [4.69, 9.17) is 0 Å². The summed E-state index contributed by atoms with van der Waals surface area (Å²) in [5.74, 6) is 4.65. The first-order valence-corrected chi connectivity index (χ1v) is 1.55. The molecule has 0 amide bonds. The van der Waals surface area contributed by atoms with Crippen molar-refractivity contribution >= 4 is 0 Å². The molecule has 0 aromatic heterocycles. The molecule has 0 bridgehead atoms. The molecule has 0 radical (unpaired) electrons. The molecule has 6 heavy (non-hydrogen) atoms. The molecule has 0 saturated carbocycles. The number of nitrogens with two attached hydrogens (primary N) is 1. The molecule has 0 aromatic carbocycles. The van der Waals surface area contributed by atoms with Gasteiger partial charge in [0.05, 0.1) is 0 Å². The van der Waals surface area contributed by atoms with E-state index in [0.29, 0.717) is 0 Å². The number of rotatable bonds is 1. The number of hydrogen-bond acceptors (Lipinski definition) is 2. The highest BCUT2D eigenvalue weighted by Gasteiger charge is 1.68. The Labute approximate surface area is 36.6 Å². The number of hydrogen-bond donors (Lipinski definition) is 1. The summed E-state index contributed by atoms with van der Waals surface area (Å²) >= 11 is 0. The van der Waals surface area contributed by atoms with Gasteiger partial charge in [0.15, 0.2) is 0 Å². The molecule has 0 atom stereocenters. The van der Waals surface area contributed by atoms with Crippen molar-refractivity contribution in [3.05, 3.63) is 0 Å². The van der Waals surface area contributed by atoms with E-state index in [2.05, 4.69) is 16.3 Å². The second-order valence-corrected chi connectivity index (χ2v) is 1.05. The van der Waals surface area contributed by atoms with Crippen LogP contribution >= 0.6 is 0 Å². The Balaban J connectivity index is 3.03. The fraction of sp³-hybridized carbons (Fsp3) is 1.00. The summed E-state index contributed by atoms with van der Waals surface area (Å²) in [5.41, 5.74) is 0. The monoisotopic (exact) mass is 88.1 g/mol. The lowest BCUT2D eigenvalue weighted by Gasteiger charge is -1.95. The Kier molecular flexibility index (Phi) is 2.11. The zero-order valence-electron chi connectivity index (χ0n) is 3.92. The van der Waals surface area contributed by atoms with Gasteiger partial charge in [0.2, 0.25) is 0 Å². The first kappa shape index (κ1) is 5.20. The standard InChI is InChI=1S/C2H8N4/c1-6(2)5-4-3/h1-2H3,(H2,3,5). The van der Waals surface area contributed by atoms with Gasteiger partial charge in [-0.25, -0.2) is 0 Å². The van der Waals surface area contributed by atoms with Crippen molar-refractivity contribution in [1.82, 2.24) is 5.01 Å². The molecule has 0 aliphatic rings. The number of nitrogens with zero attached hydrogens (tertiary/aromatic N) is 3. The maximum Gasteiger partial charge on any atom is 0.0262 e. The molecular formula is C2H8N4. The Morgan fingerprint density at radius 1 is 1.50 bits per heavy atom. The summed E-state index contributed by atoms with van der Waals surface area (Å²) < 4.78 is 0. The minimum absolute atomic E-state index is 1.51. The summed E-state index contributed by atoms with van der Waals surface area (Å²) in [6.07, 6.45) is 0. The van der Waals surface area contributed by atoms with E-state index < -0.39 is 0 Å². The average molecular weight is 88.1 g/mol. The molecule has 0 heterocycles. The molecule has 36 valence electrons. The Hall–Kier alpha value is -0.800. The minimum Gasteiger partial charge on any atom is -0.303 e. The average Bonchev–Trinajstić information content (AvgIpc) is 1.35. The first-order valence-electron chi connectivity index (χ1n) is 1.55. The van der Waals surface area contributed by atoms with E-state index in [1.807, 2.05) is 0 Å². The molecule has 0 rings (SSSR count). The van der Waals surface area contributed by atoms with Gasteiger partial charge in [0, 0.05) is 14.1 Å². The van der Waals surface area contributed by atoms with E-state index in [1.54, 1.807) is 14.1 Å². The maximum absolute atomic E-state index is 4.65. The van der Waals surface area contributed by atoms with E-state index in [-0.39, 0.29) is 0 Å². The molecule has 0 fully saturated rings. The lowest BCUT2D eigenvalue weighted by molar-refractivity contribution is 0.400. The van der Waals surface area contributed by atoms with Crippen LogP contribution in [0.2, 0.25) is 0 Å². The van der Waals surface area contributed by atoms with E-state index in [9.17, 15) is 0 Å². The lowest BCUT2D eigenvalue weighted by atomic mass is 11.2. The van der Waals surface area contributed by atoms with Gasteiger partial charge in [-0.1, -0.05) is 10.4 Å². The largest absolute Gasteiger partial charge is 0.303 e. The highest BCUT2D eigenvalue weighted by Crippen LogP contribution is 1.69. The Morgan fingerprint density at radius 2 is 2.00 bits per heavy atom. The predicted octanol–water partition coefficient (Wildman–Crippen LogP) is -0.211. The topological polar surface area (TPSA) is 54.0 Å². The van der Waals surface area contributed by atoms with Gasteiger partial charge in [0.25, 0.3) is 0 Å². The maximum atomic E-state index is 4.65. The van der Waals surface area contributed by atoms with Gasteiger partial charge in [-0.05, 0) is 0 Å². The molecule has 0 unspecified atom stereocenters. The molecule has 2 N–H and O–H groups in total. The molecule has 4 nitrogen and oxygen atoms in total. The highest BCUT2D eigenvalue weighted by atomic mass is 15.6. The van der Waals surface area contributed by atoms with E-state index in [0.717, 1.165) is 0 Å². The zero-order chi connectivity index (χ0) is 4.99. The van der Waals surface area contributed by atoms with Crippen LogP contribution in [0.5, 0.6) is 0 Å². The first-order chi connectivity index (χ1) is 2.77. The second-order valence-electron chi connectivity index (χ2n) is 1.05. The third-order valence-electron chi connectivity index (χ3n) is 0.231.